The van der Waals surface area contributed by atoms with Crippen molar-refractivity contribution in [2.75, 3.05) is 5.43 Å². The normalized spacial score (nSPS) is 18.0. The van der Waals surface area contributed by atoms with Gasteiger partial charge in [-0.05, 0) is 31.2 Å². The number of nitrogens with zero attached hydrogens (tertiary/aromatic N) is 1. The highest BCUT2D eigenvalue weighted by atomic mass is 79.9. The molecule has 0 saturated heterocycles. The third-order valence-electron chi connectivity index (χ3n) is 2.46. The number of hydrogen-bond donors (Lipinski definition) is 5. The highest BCUT2D eigenvalue weighted by molar-refractivity contribution is 9.10. The number of hydrazone groups is 1. The molecule has 19 heavy (non-hydrogen) atoms. The van der Waals surface area contributed by atoms with Gasteiger partial charge < -0.3 is 20.4 Å². The van der Waals surface area contributed by atoms with Gasteiger partial charge in [0.1, 0.15) is 18.3 Å². The minimum Gasteiger partial charge on any atom is -0.391 e. The first kappa shape index (κ1) is 16.1. The Balaban J connectivity index is 2.50. The predicted molar refractivity (Wildman–Crippen MR) is 76.0 cm³/mol. The van der Waals surface area contributed by atoms with Gasteiger partial charge in [-0.3, -0.25) is 5.43 Å². The van der Waals surface area contributed by atoms with Gasteiger partial charge >= 0.3 is 0 Å². The highest BCUT2D eigenvalue weighted by Gasteiger charge is 2.26. The average Bonchev–Trinajstić information content (AvgIpc) is 2.39. The van der Waals surface area contributed by atoms with Crippen molar-refractivity contribution in [2.24, 2.45) is 5.10 Å². The standard InChI is InChI=1S/C12H17BrN2O4/c1-7(16)11(18)12(19)10(17)6-14-15-9-4-2-8(13)3-5-9/h2-7,10-12,15-19H,1H3/t7-,10-,11-,12-/m0/s1. The third-order valence-corrected chi connectivity index (χ3v) is 2.99. The van der Waals surface area contributed by atoms with E-state index in [1.165, 1.54) is 6.92 Å². The number of halogens is 1. The summed E-state index contributed by atoms with van der Waals surface area (Å²) in [5.74, 6) is 0. The van der Waals surface area contributed by atoms with Crippen LogP contribution >= 0.6 is 15.9 Å². The lowest BCUT2D eigenvalue weighted by Crippen LogP contribution is -2.44. The molecule has 0 spiro atoms. The molecule has 0 fully saturated rings. The number of nitrogens with one attached hydrogen (secondary N) is 1. The average molecular weight is 333 g/mol. The maximum Gasteiger partial charge on any atom is 0.119 e. The summed E-state index contributed by atoms with van der Waals surface area (Å²) < 4.78 is 0.928. The van der Waals surface area contributed by atoms with Crippen LogP contribution < -0.4 is 5.43 Å². The summed E-state index contributed by atoms with van der Waals surface area (Å²) >= 11 is 3.29. The van der Waals surface area contributed by atoms with Crippen molar-refractivity contribution in [3.63, 3.8) is 0 Å². The fraction of sp³-hybridized carbons (Fsp3) is 0.417. The van der Waals surface area contributed by atoms with E-state index in [1.807, 2.05) is 12.1 Å². The molecule has 0 amide bonds. The zero-order valence-corrected chi connectivity index (χ0v) is 11.9. The van der Waals surface area contributed by atoms with Gasteiger partial charge in [0, 0.05) is 4.47 Å². The molecule has 7 heteroatoms. The molecule has 106 valence electrons. The molecule has 0 aliphatic rings. The molecule has 5 N–H and O–H groups in total. The molecule has 1 aromatic rings. The van der Waals surface area contributed by atoms with Gasteiger partial charge in [0.25, 0.3) is 0 Å². The smallest absolute Gasteiger partial charge is 0.119 e. The lowest BCUT2D eigenvalue weighted by atomic mass is 10.1. The van der Waals surface area contributed by atoms with Gasteiger partial charge in [-0.25, -0.2) is 0 Å². The zero-order valence-electron chi connectivity index (χ0n) is 10.3. The molecule has 0 aliphatic heterocycles. The Hall–Kier alpha value is -0.990. The number of anilines is 1. The Morgan fingerprint density at radius 3 is 2.21 bits per heavy atom. The Bertz CT molecular complexity index is 411. The molecule has 0 unspecified atom stereocenters. The van der Waals surface area contributed by atoms with Crippen LogP contribution in [0.5, 0.6) is 0 Å². The van der Waals surface area contributed by atoms with E-state index < -0.39 is 24.4 Å². The topological polar surface area (TPSA) is 105 Å². The molecule has 1 aromatic carbocycles. The summed E-state index contributed by atoms with van der Waals surface area (Å²) in [6.45, 7) is 1.32. The summed E-state index contributed by atoms with van der Waals surface area (Å²) in [5, 5.41) is 41.2. The van der Waals surface area contributed by atoms with E-state index in [-0.39, 0.29) is 0 Å². The second-order valence-corrected chi connectivity index (χ2v) is 5.02. The number of aliphatic hydroxyl groups excluding tert-OH is 4. The van der Waals surface area contributed by atoms with E-state index in [0.717, 1.165) is 10.7 Å². The summed E-state index contributed by atoms with van der Waals surface area (Å²) in [6.07, 6.45) is -4.41. The van der Waals surface area contributed by atoms with Crippen LogP contribution in [0.15, 0.2) is 33.8 Å². The minimum atomic E-state index is -1.50. The van der Waals surface area contributed by atoms with Gasteiger partial charge in [-0.1, -0.05) is 15.9 Å². The van der Waals surface area contributed by atoms with Crippen LogP contribution in [0.1, 0.15) is 6.92 Å². The Morgan fingerprint density at radius 1 is 1.11 bits per heavy atom. The largest absolute Gasteiger partial charge is 0.391 e. The van der Waals surface area contributed by atoms with Gasteiger partial charge in [0.05, 0.1) is 18.0 Å². The summed E-state index contributed by atoms with van der Waals surface area (Å²) in [4.78, 5) is 0. The van der Waals surface area contributed by atoms with Crippen LogP contribution in [0.4, 0.5) is 5.69 Å². The monoisotopic (exact) mass is 332 g/mol. The van der Waals surface area contributed by atoms with Crippen molar-refractivity contribution in [1.29, 1.82) is 0 Å². The quantitative estimate of drug-likeness (QED) is 0.381. The third kappa shape index (κ3) is 5.25. The second-order valence-electron chi connectivity index (χ2n) is 4.11. The van der Waals surface area contributed by atoms with E-state index in [1.54, 1.807) is 12.1 Å². The van der Waals surface area contributed by atoms with Gasteiger partial charge in [-0.2, -0.15) is 5.10 Å². The molecule has 1 rings (SSSR count). The van der Waals surface area contributed by atoms with E-state index in [4.69, 9.17) is 5.11 Å². The van der Waals surface area contributed by atoms with Crippen molar-refractivity contribution in [3.8, 4) is 0 Å². The van der Waals surface area contributed by atoms with Crippen molar-refractivity contribution in [2.45, 2.75) is 31.3 Å². The Morgan fingerprint density at radius 2 is 1.68 bits per heavy atom. The molecule has 0 aliphatic carbocycles. The predicted octanol–water partition coefficient (Wildman–Crippen LogP) is 0.310. The van der Waals surface area contributed by atoms with E-state index in [2.05, 4.69) is 26.5 Å². The summed E-state index contributed by atoms with van der Waals surface area (Å²) in [5.41, 5.74) is 3.36. The van der Waals surface area contributed by atoms with Crippen molar-refractivity contribution >= 4 is 27.8 Å². The number of aliphatic hydroxyl groups is 4. The highest BCUT2D eigenvalue weighted by Crippen LogP contribution is 2.13. The van der Waals surface area contributed by atoms with E-state index >= 15 is 0 Å². The first-order chi connectivity index (χ1) is 8.91. The maximum absolute atomic E-state index is 9.54. The Kier molecular flexibility index (Phi) is 6.40. The van der Waals surface area contributed by atoms with Crippen LogP contribution in [-0.4, -0.2) is 51.1 Å². The summed E-state index contributed by atoms with van der Waals surface area (Å²) in [7, 11) is 0. The van der Waals surface area contributed by atoms with E-state index in [9.17, 15) is 15.3 Å². The Labute approximate surface area is 119 Å². The van der Waals surface area contributed by atoms with Crippen LogP contribution in [0, 0.1) is 0 Å². The number of hydrogen-bond acceptors (Lipinski definition) is 6. The maximum atomic E-state index is 9.54. The summed E-state index contributed by atoms with van der Waals surface area (Å²) in [6, 6.07) is 7.18. The molecule has 0 saturated carbocycles. The molecule has 6 nitrogen and oxygen atoms in total. The van der Waals surface area contributed by atoms with Crippen LogP contribution in [0.2, 0.25) is 0 Å². The first-order valence-corrected chi connectivity index (χ1v) is 6.48. The second kappa shape index (κ2) is 7.56. The molecule has 0 bridgehead atoms. The van der Waals surface area contributed by atoms with Gasteiger partial charge in [0.2, 0.25) is 0 Å². The molecule has 0 heterocycles. The van der Waals surface area contributed by atoms with Crippen molar-refractivity contribution in [3.05, 3.63) is 28.7 Å². The fourth-order valence-corrected chi connectivity index (χ4v) is 1.55. The molecular formula is C12H17BrN2O4. The number of rotatable bonds is 6. The van der Waals surface area contributed by atoms with E-state index in [0.29, 0.717) is 5.69 Å². The van der Waals surface area contributed by atoms with Crippen LogP contribution in [0.3, 0.4) is 0 Å². The molecular weight excluding hydrogens is 316 g/mol. The van der Waals surface area contributed by atoms with Crippen molar-refractivity contribution in [1.82, 2.24) is 0 Å². The number of benzene rings is 1. The van der Waals surface area contributed by atoms with Gasteiger partial charge in [-0.15, -0.1) is 0 Å². The van der Waals surface area contributed by atoms with Crippen molar-refractivity contribution < 1.29 is 20.4 Å². The van der Waals surface area contributed by atoms with Gasteiger partial charge in [0.15, 0.2) is 0 Å². The minimum absolute atomic E-state index is 0.706. The van der Waals surface area contributed by atoms with Crippen LogP contribution in [0.25, 0.3) is 0 Å². The SMILES string of the molecule is C[C@H](O)[C@H](O)[C@@H](O)[C@@H](O)C=NNc1ccc(Br)cc1. The first-order valence-electron chi connectivity index (χ1n) is 5.69. The molecule has 0 aromatic heterocycles. The zero-order chi connectivity index (χ0) is 14.4. The molecule has 4 atom stereocenters. The van der Waals surface area contributed by atoms with Crippen LogP contribution in [-0.2, 0) is 0 Å². The fourth-order valence-electron chi connectivity index (χ4n) is 1.29. The molecule has 0 radical (unpaired) electrons. The lowest BCUT2D eigenvalue weighted by Gasteiger charge is -2.22. The lowest BCUT2D eigenvalue weighted by molar-refractivity contribution is -0.0820.